The van der Waals surface area contributed by atoms with Gasteiger partial charge in [-0.3, -0.25) is 9.59 Å². The molecule has 1 fully saturated rings. The second-order valence-corrected chi connectivity index (χ2v) is 4.33. The highest BCUT2D eigenvalue weighted by Gasteiger charge is 2.27. The van der Waals surface area contributed by atoms with Gasteiger partial charge in [-0.05, 0) is 13.0 Å². The van der Waals surface area contributed by atoms with Crippen molar-refractivity contribution in [3.8, 4) is 0 Å². The Hall–Kier alpha value is -1.73. The fourth-order valence-electron chi connectivity index (χ4n) is 1.80. The Morgan fingerprint density at radius 1 is 1.67 bits per heavy atom. The third-order valence-electron chi connectivity index (χ3n) is 2.87. The highest BCUT2D eigenvalue weighted by Crippen LogP contribution is 2.10. The predicted octanol–water partition coefficient (Wildman–Crippen LogP) is -1.04. The highest BCUT2D eigenvalue weighted by atomic mass is 16.5. The van der Waals surface area contributed by atoms with Crippen molar-refractivity contribution in [3.05, 3.63) is 28.2 Å². The standard InChI is InChI=1S/C11H16N4O3/c1-7(12)9-6-15(4-5-18-9)11(17)8-2-3-10(16)14-13-8/h2-3,7,9H,4-6,12H2,1H3,(H,14,16). The Kier molecular flexibility index (Phi) is 3.73. The zero-order valence-corrected chi connectivity index (χ0v) is 10.1. The van der Waals surface area contributed by atoms with Crippen LogP contribution in [0.3, 0.4) is 0 Å². The van der Waals surface area contributed by atoms with Crippen molar-refractivity contribution in [2.75, 3.05) is 19.7 Å². The zero-order chi connectivity index (χ0) is 13.1. The van der Waals surface area contributed by atoms with Crippen LogP contribution in [0.2, 0.25) is 0 Å². The molecule has 1 saturated heterocycles. The van der Waals surface area contributed by atoms with Gasteiger partial charge in [0, 0.05) is 25.2 Å². The quantitative estimate of drug-likeness (QED) is 0.700. The number of amides is 1. The minimum Gasteiger partial charge on any atom is -0.373 e. The maximum atomic E-state index is 12.1. The van der Waals surface area contributed by atoms with Crippen molar-refractivity contribution >= 4 is 5.91 Å². The Labute approximate surface area is 104 Å². The number of nitrogens with zero attached hydrogens (tertiary/aromatic N) is 2. The number of ether oxygens (including phenoxy) is 1. The van der Waals surface area contributed by atoms with Gasteiger partial charge < -0.3 is 15.4 Å². The van der Waals surface area contributed by atoms with Crippen molar-refractivity contribution in [1.29, 1.82) is 0 Å². The monoisotopic (exact) mass is 252 g/mol. The van der Waals surface area contributed by atoms with Gasteiger partial charge in [-0.1, -0.05) is 0 Å². The average molecular weight is 252 g/mol. The largest absolute Gasteiger partial charge is 0.373 e. The van der Waals surface area contributed by atoms with Crippen molar-refractivity contribution in [1.82, 2.24) is 15.1 Å². The predicted molar refractivity (Wildman–Crippen MR) is 64.2 cm³/mol. The van der Waals surface area contributed by atoms with Crippen molar-refractivity contribution in [3.63, 3.8) is 0 Å². The molecule has 98 valence electrons. The maximum Gasteiger partial charge on any atom is 0.274 e. The Balaban J connectivity index is 2.09. The summed E-state index contributed by atoms with van der Waals surface area (Å²) in [5.74, 6) is -0.222. The second kappa shape index (κ2) is 5.28. The lowest BCUT2D eigenvalue weighted by Crippen LogP contribution is -2.51. The Morgan fingerprint density at radius 2 is 2.44 bits per heavy atom. The lowest BCUT2D eigenvalue weighted by Gasteiger charge is -2.34. The summed E-state index contributed by atoms with van der Waals surface area (Å²) in [5.41, 5.74) is 5.65. The molecule has 1 aromatic heterocycles. The number of carbonyl (C=O) groups is 1. The molecule has 2 unspecified atom stereocenters. The maximum absolute atomic E-state index is 12.1. The highest BCUT2D eigenvalue weighted by molar-refractivity contribution is 5.92. The number of carbonyl (C=O) groups excluding carboxylic acids is 1. The van der Waals surface area contributed by atoms with Gasteiger partial charge in [0.25, 0.3) is 11.5 Å². The van der Waals surface area contributed by atoms with Crippen LogP contribution in [0.5, 0.6) is 0 Å². The number of rotatable bonds is 2. The molecule has 1 aliphatic rings. The number of hydrogen-bond donors (Lipinski definition) is 2. The lowest BCUT2D eigenvalue weighted by atomic mass is 10.1. The molecule has 0 radical (unpaired) electrons. The number of aromatic nitrogens is 2. The molecule has 2 heterocycles. The van der Waals surface area contributed by atoms with E-state index in [-0.39, 0.29) is 29.3 Å². The fraction of sp³-hybridized carbons (Fsp3) is 0.545. The summed E-state index contributed by atoms with van der Waals surface area (Å²) in [6.07, 6.45) is -0.162. The molecule has 1 aromatic rings. The van der Waals surface area contributed by atoms with E-state index in [0.717, 1.165) is 0 Å². The smallest absolute Gasteiger partial charge is 0.274 e. The summed E-state index contributed by atoms with van der Waals surface area (Å²) in [7, 11) is 0. The van der Waals surface area contributed by atoms with E-state index in [1.807, 2.05) is 6.92 Å². The van der Waals surface area contributed by atoms with E-state index in [9.17, 15) is 9.59 Å². The van der Waals surface area contributed by atoms with Gasteiger partial charge >= 0.3 is 0 Å². The number of aromatic amines is 1. The number of hydrogen-bond acceptors (Lipinski definition) is 5. The first-order chi connectivity index (χ1) is 8.58. The molecule has 0 aromatic carbocycles. The molecule has 2 rings (SSSR count). The molecule has 2 atom stereocenters. The zero-order valence-electron chi connectivity index (χ0n) is 10.1. The van der Waals surface area contributed by atoms with E-state index in [4.69, 9.17) is 10.5 Å². The Morgan fingerprint density at radius 3 is 3.06 bits per heavy atom. The van der Waals surface area contributed by atoms with Gasteiger partial charge in [-0.15, -0.1) is 0 Å². The van der Waals surface area contributed by atoms with Gasteiger partial charge in [0.15, 0.2) is 0 Å². The molecule has 0 saturated carbocycles. The van der Waals surface area contributed by atoms with Gasteiger partial charge in [-0.25, -0.2) is 5.10 Å². The van der Waals surface area contributed by atoms with Crippen LogP contribution in [0.15, 0.2) is 16.9 Å². The van der Waals surface area contributed by atoms with Crippen LogP contribution >= 0.6 is 0 Å². The van der Waals surface area contributed by atoms with Crippen LogP contribution in [0.4, 0.5) is 0 Å². The number of nitrogens with two attached hydrogens (primary N) is 1. The van der Waals surface area contributed by atoms with Crippen molar-refractivity contribution in [2.45, 2.75) is 19.1 Å². The molecule has 7 nitrogen and oxygen atoms in total. The summed E-state index contributed by atoms with van der Waals surface area (Å²) in [6.45, 7) is 3.25. The summed E-state index contributed by atoms with van der Waals surface area (Å²) in [4.78, 5) is 24.6. The van der Waals surface area contributed by atoms with E-state index in [0.29, 0.717) is 19.7 Å². The molecule has 0 aliphatic carbocycles. The van der Waals surface area contributed by atoms with Crippen LogP contribution in [0.25, 0.3) is 0 Å². The normalized spacial score (nSPS) is 21.7. The van der Waals surface area contributed by atoms with Crippen LogP contribution in [0.1, 0.15) is 17.4 Å². The number of nitrogens with one attached hydrogen (secondary N) is 1. The molecule has 0 spiro atoms. The molecule has 0 bridgehead atoms. The van der Waals surface area contributed by atoms with Gasteiger partial charge in [0.2, 0.25) is 0 Å². The summed E-state index contributed by atoms with van der Waals surface area (Å²) < 4.78 is 5.48. The van der Waals surface area contributed by atoms with E-state index in [1.165, 1.54) is 12.1 Å². The van der Waals surface area contributed by atoms with Gasteiger partial charge in [0.05, 0.1) is 12.7 Å². The van der Waals surface area contributed by atoms with Crippen molar-refractivity contribution < 1.29 is 9.53 Å². The number of H-pyrrole nitrogens is 1. The van der Waals surface area contributed by atoms with Gasteiger partial charge in [0.1, 0.15) is 5.69 Å². The first kappa shape index (κ1) is 12.7. The fourth-order valence-corrected chi connectivity index (χ4v) is 1.80. The minimum atomic E-state index is -0.331. The first-order valence-electron chi connectivity index (χ1n) is 5.80. The number of morpholine rings is 1. The van der Waals surface area contributed by atoms with Crippen LogP contribution in [0, 0.1) is 0 Å². The lowest BCUT2D eigenvalue weighted by molar-refractivity contribution is -0.0302. The molecule has 18 heavy (non-hydrogen) atoms. The Bertz CT molecular complexity index is 465. The third-order valence-corrected chi connectivity index (χ3v) is 2.87. The summed E-state index contributed by atoms with van der Waals surface area (Å²) >= 11 is 0. The van der Waals surface area contributed by atoms with Crippen molar-refractivity contribution in [2.24, 2.45) is 5.73 Å². The molecular weight excluding hydrogens is 236 g/mol. The molecule has 3 N–H and O–H groups in total. The topological polar surface area (TPSA) is 101 Å². The van der Waals surface area contributed by atoms with Crippen LogP contribution in [-0.4, -0.2) is 52.8 Å². The average Bonchev–Trinajstić information content (AvgIpc) is 2.39. The van der Waals surface area contributed by atoms with Gasteiger partial charge in [-0.2, -0.15) is 5.10 Å². The first-order valence-corrected chi connectivity index (χ1v) is 5.80. The van der Waals surface area contributed by atoms with Crippen LogP contribution < -0.4 is 11.3 Å². The van der Waals surface area contributed by atoms with E-state index in [2.05, 4.69) is 10.2 Å². The minimum absolute atomic E-state index is 0.135. The van der Waals surface area contributed by atoms with E-state index >= 15 is 0 Å². The molecular formula is C11H16N4O3. The molecule has 1 amide bonds. The van der Waals surface area contributed by atoms with E-state index < -0.39 is 0 Å². The van der Waals surface area contributed by atoms with Crippen LogP contribution in [-0.2, 0) is 4.74 Å². The van der Waals surface area contributed by atoms with E-state index in [1.54, 1.807) is 4.90 Å². The molecule has 7 heteroatoms. The SMILES string of the molecule is CC(N)C1CN(C(=O)c2ccc(=O)[nH]n2)CCO1. The second-order valence-electron chi connectivity index (χ2n) is 4.33. The summed E-state index contributed by atoms with van der Waals surface area (Å²) in [6, 6.07) is 2.56. The summed E-state index contributed by atoms with van der Waals surface area (Å²) in [5, 5.41) is 5.97. The third kappa shape index (κ3) is 2.74. The molecule has 1 aliphatic heterocycles.